The van der Waals surface area contributed by atoms with Gasteiger partial charge in [-0.05, 0) is 58.8 Å². The maximum absolute atomic E-state index is 12.4. The SMILES string of the molecule is O=C(Cn1ccc(-c2cccc(Cl)c2)cc1=O)Nc1ccc(-c2nn[nH]n2)cc1. The average Bonchev–Trinajstić information content (AvgIpc) is 3.25. The number of carbonyl (C=O) groups is 1. The van der Waals surface area contributed by atoms with Crippen LogP contribution in [-0.4, -0.2) is 31.1 Å². The van der Waals surface area contributed by atoms with E-state index in [1.807, 2.05) is 12.1 Å². The smallest absolute Gasteiger partial charge is 0.251 e. The van der Waals surface area contributed by atoms with E-state index in [0.717, 1.165) is 16.7 Å². The summed E-state index contributed by atoms with van der Waals surface area (Å²) < 4.78 is 1.34. The van der Waals surface area contributed by atoms with Gasteiger partial charge in [-0.3, -0.25) is 9.59 Å². The highest BCUT2D eigenvalue weighted by Crippen LogP contribution is 2.21. The van der Waals surface area contributed by atoms with Crippen LogP contribution in [0.1, 0.15) is 0 Å². The second-order valence-electron chi connectivity index (χ2n) is 6.25. The zero-order chi connectivity index (χ0) is 20.2. The highest BCUT2D eigenvalue weighted by Gasteiger charge is 2.08. The van der Waals surface area contributed by atoms with Crippen LogP contribution in [0.25, 0.3) is 22.5 Å². The number of aromatic nitrogens is 5. The Kier molecular flexibility index (Phi) is 5.17. The molecule has 29 heavy (non-hydrogen) atoms. The minimum atomic E-state index is -0.310. The van der Waals surface area contributed by atoms with Crippen molar-refractivity contribution in [3.05, 3.63) is 82.2 Å². The molecule has 0 bridgehead atoms. The topological polar surface area (TPSA) is 106 Å². The van der Waals surface area contributed by atoms with Crippen LogP contribution in [0.2, 0.25) is 5.02 Å². The maximum Gasteiger partial charge on any atom is 0.251 e. The fourth-order valence-corrected chi connectivity index (χ4v) is 3.02. The summed E-state index contributed by atoms with van der Waals surface area (Å²) in [7, 11) is 0. The fraction of sp³-hybridized carbons (Fsp3) is 0.0500. The Bertz CT molecular complexity index is 1200. The lowest BCUT2D eigenvalue weighted by Gasteiger charge is -2.09. The van der Waals surface area contributed by atoms with Crippen molar-refractivity contribution in [2.45, 2.75) is 6.54 Å². The Morgan fingerprint density at radius 2 is 1.83 bits per heavy atom. The third-order valence-corrected chi connectivity index (χ3v) is 4.48. The number of halogens is 1. The van der Waals surface area contributed by atoms with E-state index < -0.39 is 0 Å². The van der Waals surface area contributed by atoms with Gasteiger partial charge < -0.3 is 9.88 Å². The first-order chi connectivity index (χ1) is 14.1. The van der Waals surface area contributed by atoms with E-state index in [0.29, 0.717) is 16.5 Å². The fourth-order valence-electron chi connectivity index (χ4n) is 2.83. The van der Waals surface area contributed by atoms with E-state index in [9.17, 15) is 9.59 Å². The number of benzene rings is 2. The van der Waals surface area contributed by atoms with Crippen molar-refractivity contribution in [1.29, 1.82) is 0 Å². The molecule has 0 radical (unpaired) electrons. The summed E-state index contributed by atoms with van der Waals surface area (Å²) in [5.41, 5.74) is 2.68. The van der Waals surface area contributed by atoms with Crippen LogP contribution in [-0.2, 0) is 11.3 Å². The van der Waals surface area contributed by atoms with Crippen LogP contribution in [0.4, 0.5) is 5.69 Å². The first-order valence-electron chi connectivity index (χ1n) is 8.69. The molecule has 8 nitrogen and oxygen atoms in total. The summed E-state index contributed by atoms with van der Waals surface area (Å²) in [4.78, 5) is 24.7. The van der Waals surface area contributed by atoms with Gasteiger partial charge in [0.05, 0.1) is 0 Å². The standard InChI is InChI=1S/C20H15ClN6O2/c21-16-3-1-2-14(10-16)15-8-9-27(19(29)11-15)12-18(28)22-17-6-4-13(5-7-17)20-23-25-26-24-20/h1-11H,12H2,(H,22,28)(H,23,24,25,26). The minimum absolute atomic E-state index is 0.0960. The van der Waals surface area contributed by atoms with E-state index in [1.54, 1.807) is 48.7 Å². The molecule has 0 fully saturated rings. The van der Waals surface area contributed by atoms with E-state index in [1.165, 1.54) is 10.6 Å². The average molecular weight is 407 g/mol. The predicted octanol–water partition coefficient (Wildman–Crippen LogP) is 2.99. The van der Waals surface area contributed by atoms with Crippen LogP contribution >= 0.6 is 11.6 Å². The first-order valence-corrected chi connectivity index (χ1v) is 9.06. The van der Waals surface area contributed by atoms with Gasteiger partial charge in [0, 0.05) is 28.5 Å². The molecule has 4 aromatic rings. The molecule has 4 rings (SSSR count). The Morgan fingerprint density at radius 1 is 1.03 bits per heavy atom. The number of anilines is 1. The van der Waals surface area contributed by atoms with E-state index >= 15 is 0 Å². The summed E-state index contributed by atoms with van der Waals surface area (Å²) in [6.45, 7) is -0.0960. The molecule has 9 heteroatoms. The van der Waals surface area contributed by atoms with Gasteiger partial charge in [-0.15, -0.1) is 10.2 Å². The number of tetrazole rings is 1. The number of hydrogen-bond donors (Lipinski definition) is 2. The molecule has 2 N–H and O–H groups in total. The van der Waals surface area contributed by atoms with Crippen molar-refractivity contribution < 1.29 is 4.79 Å². The van der Waals surface area contributed by atoms with Gasteiger partial charge in [0.25, 0.3) is 5.56 Å². The van der Waals surface area contributed by atoms with Crippen LogP contribution in [0.15, 0.2) is 71.7 Å². The quantitative estimate of drug-likeness (QED) is 0.530. The molecule has 0 saturated heterocycles. The van der Waals surface area contributed by atoms with E-state index in [4.69, 9.17) is 11.6 Å². The highest BCUT2D eigenvalue weighted by molar-refractivity contribution is 6.30. The molecule has 0 aliphatic heterocycles. The molecular weight excluding hydrogens is 392 g/mol. The van der Waals surface area contributed by atoms with Gasteiger partial charge >= 0.3 is 0 Å². The largest absolute Gasteiger partial charge is 0.325 e. The van der Waals surface area contributed by atoms with Crippen LogP contribution in [0.5, 0.6) is 0 Å². The number of nitrogens with zero attached hydrogens (tertiary/aromatic N) is 4. The van der Waals surface area contributed by atoms with Gasteiger partial charge in [-0.2, -0.15) is 5.21 Å². The van der Waals surface area contributed by atoms with Gasteiger partial charge in [-0.25, -0.2) is 0 Å². The zero-order valence-electron chi connectivity index (χ0n) is 15.0. The van der Waals surface area contributed by atoms with Crippen molar-refractivity contribution in [1.82, 2.24) is 25.2 Å². The number of aromatic amines is 1. The van der Waals surface area contributed by atoms with Gasteiger partial charge in [0.2, 0.25) is 11.7 Å². The van der Waals surface area contributed by atoms with Gasteiger partial charge in [-0.1, -0.05) is 23.7 Å². The number of pyridine rings is 1. The molecule has 2 aromatic heterocycles. The lowest BCUT2D eigenvalue weighted by atomic mass is 10.1. The Balaban J connectivity index is 1.44. The van der Waals surface area contributed by atoms with Gasteiger partial charge in [0.1, 0.15) is 6.54 Å². The molecule has 0 atom stereocenters. The van der Waals surface area contributed by atoms with Gasteiger partial charge in [0.15, 0.2) is 0 Å². The molecule has 144 valence electrons. The number of rotatable bonds is 5. The molecule has 0 unspecified atom stereocenters. The molecule has 0 aliphatic carbocycles. The van der Waals surface area contributed by atoms with E-state index in [2.05, 4.69) is 25.9 Å². The Morgan fingerprint density at radius 3 is 2.52 bits per heavy atom. The minimum Gasteiger partial charge on any atom is -0.325 e. The second-order valence-corrected chi connectivity index (χ2v) is 6.69. The molecular formula is C20H15ClN6O2. The summed E-state index contributed by atoms with van der Waals surface area (Å²) in [5, 5.41) is 17.0. The van der Waals surface area contributed by atoms with Crippen LogP contribution < -0.4 is 10.9 Å². The van der Waals surface area contributed by atoms with Crippen molar-refractivity contribution >= 4 is 23.2 Å². The lowest BCUT2D eigenvalue weighted by molar-refractivity contribution is -0.116. The number of H-pyrrole nitrogens is 1. The molecule has 0 aliphatic rings. The Labute approximate surface area is 170 Å². The van der Waals surface area contributed by atoms with Crippen LogP contribution in [0, 0.1) is 0 Å². The maximum atomic E-state index is 12.4. The third kappa shape index (κ3) is 4.39. The van der Waals surface area contributed by atoms with E-state index in [-0.39, 0.29) is 18.0 Å². The molecule has 1 amide bonds. The third-order valence-electron chi connectivity index (χ3n) is 4.24. The summed E-state index contributed by atoms with van der Waals surface area (Å²) >= 11 is 6.00. The van der Waals surface area contributed by atoms with Crippen LogP contribution in [0.3, 0.4) is 0 Å². The lowest BCUT2D eigenvalue weighted by Crippen LogP contribution is -2.26. The van der Waals surface area contributed by atoms with Crippen molar-refractivity contribution in [3.8, 4) is 22.5 Å². The number of amides is 1. The second kappa shape index (κ2) is 8.07. The molecule has 0 spiro atoms. The molecule has 2 heterocycles. The highest BCUT2D eigenvalue weighted by atomic mass is 35.5. The van der Waals surface area contributed by atoms with Crippen molar-refractivity contribution in [3.63, 3.8) is 0 Å². The number of carbonyl (C=O) groups excluding carboxylic acids is 1. The first kappa shape index (κ1) is 18.6. The van der Waals surface area contributed by atoms with Crippen molar-refractivity contribution in [2.75, 3.05) is 5.32 Å². The summed E-state index contributed by atoms with van der Waals surface area (Å²) in [6.07, 6.45) is 1.59. The number of nitrogens with one attached hydrogen (secondary N) is 2. The normalized spacial score (nSPS) is 10.7. The molecule has 0 saturated carbocycles. The monoisotopic (exact) mass is 406 g/mol. The predicted molar refractivity (Wildman–Crippen MR) is 109 cm³/mol. The Hall–Kier alpha value is -3.78. The summed E-state index contributed by atoms with van der Waals surface area (Å²) in [6, 6.07) is 17.5. The summed E-state index contributed by atoms with van der Waals surface area (Å²) in [5.74, 6) is 0.157. The zero-order valence-corrected chi connectivity index (χ0v) is 15.8. The molecule has 2 aromatic carbocycles. The van der Waals surface area contributed by atoms with Crippen molar-refractivity contribution in [2.24, 2.45) is 0 Å². The number of hydrogen-bond acceptors (Lipinski definition) is 5.